The van der Waals surface area contributed by atoms with Crippen molar-refractivity contribution in [2.75, 3.05) is 19.7 Å². The molecule has 1 heterocycles. The minimum absolute atomic E-state index is 0.324. The van der Waals surface area contributed by atoms with Crippen molar-refractivity contribution in [1.82, 2.24) is 5.32 Å². The fourth-order valence-electron chi connectivity index (χ4n) is 1.75. The molecule has 1 unspecified atom stereocenters. The minimum atomic E-state index is 0.324. The first-order valence-electron chi connectivity index (χ1n) is 5.67. The van der Waals surface area contributed by atoms with Crippen LogP contribution in [0.5, 0.6) is 0 Å². The van der Waals surface area contributed by atoms with Crippen LogP contribution in [-0.2, 0) is 9.53 Å². The largest absolute Gasteiger partial charge is 0.378 e. The van der Waals surface area contributed by atoms with Crippen molar-refractivity contribution in [2.24, 2.45) is 0 Å². The lowest BCUT2D eigenvalue weighted by molar-refractivity contribution is -0.118. The SMILES string of the molecule is CCNCC(=O)CCCC1CCCO1. The average Bonchev–Trinajstić information content (AvgIpc) is 2.67. The van der Waals surface area contributed by atoms with Crippen LogP contribution in [0.2, 0.25) is 0 Å². The van der Waals surface area contributed by atoms with Crippen molar-refractivity contribution < 1.29 is 9.53 Å². The number of carbonyl (C=O) groups excluding carboxylic acids is 1. The van der Waals surface area contributed by atoms with Gasteiger partial charge in [-0.15, -0.1) is 0 Å². The zero-order valence-electron chi connectivity index (χ0n) is 9.05. The van der Waals surface area contributed by atoms with E-state index in [4.69, 9.17) is 4.74 Å². The summed E-state index contributed by atoms with van der Waals surface area (Å²) in [5.74, 6) is 0.324. The molecule has 82 valence electrons. The molecule has 1 N–H and O–H groups in total. The number of rotatable bonds is 7. The summed E-state index contributed by atoms with van der Waals surface area (Å²) in [5, 5.41) is 3.05. The highest BCUT2D eigenvalue weighted by molar-refractivity contribution is 5.80. The Morgan fingerprint density at radius 2 is 2.43 bits per heavy atom. The molecule has 3 heteroatoms. The Kier molecular flexibility index (Phi) is 5.80. The Morgan fingerprint density at radius 3 is 3.07 bits per heavy atom. The van der Waals surface area contributed by atoms with Crippen molar-refractivity contribution in [3.8, 4) is 0 Å². The average molecular weight is 199 g/mol. The highest BCUT2D eigenvalue weighted by Crippen LogP contribution is 2.17. The fourth-order valence-corrected chi connectivity index (χ4v) is 1.75. The maximum atomic E-state index is 11.3. The molecule has 1 fully saturated rings. The van der Waals surface area contributed by atoms with Gasteiger partial charge in [-0.3, -0.25) is 4.79 Å². The highest BCUT2D eigenvalue weighted by atomic mass is 16.5. The van der Waals surface area contributed by atoms with E-state index in [0.29, 0.717) is 24.9 Å². The molecule has 0 bridgehead atoms. The third-order valence-electron chi connectivity index (χ3n) is 2.58. The third kappa shape index (κ3) is 4.72. The molecule has 0 aromatic rings. The lowest BCUT2D eigenvalue weighted by atomic mass is 10.1. The van der Waals surface area contributed by atoms with Crippen LogP contribution < -0.4 is 5.32 Å². The van der Waals surface area contributed by atoms with Gasteiger partial charge in [0.2, 0.25) is 0 Å². The lowest BCUT2D eigenvalue weighted by Crippen LogP contribution is -2.22. The molecule has 3 nitrogen and oxygen atoms in total. The van der Waals surface area contributed by atoms with Gasteiger partial charge in [-0.2, -0.15) is 0 Å². The number of carbonyl (C=O) groups is 1. The molecule has 1 rings (SSSR count). The molecule has 0 radical (unpaired) electrons. The van der Waals surface area contributed by atoms with Gasteiger partial charge in [-0.05, 0) is 32.2 Å². The van der Waals surface area contributed by atoms with E-state index in [-0.39, 0.29) is 0 Å². The van der Waals surface area contributed by atoms with Gasteiger partial charge in [-0.1, -0.05) is 6.92 Å². The van der Waals surface area contributed by atoms with Gasteiger partial charge in [0.25, 0.3) is 0 Å². The van der Waals surface area contributed by atoms with Crippen molar-refractivity contribution in [3.05, 3.63) is 0 Å². The van der Waals surface area contributed by atoms with E-state index in [1.807, 2.05) is 6.92 Å². The van der Waals surface area contributed by atoms with E-state index in [1.54, 1.807) is 0 Å². The van der Waals surface area contributed by atoms with Crippen LogP contribution in [0.3, 0.4) is 0 Å². The van der Waals surface area contributed by atoms with Gasteiger partial charge >= 0.3 is 0 Å². The monoisotopic (exact) mass is 199 g/mol. The fraction of sp³-hybridized carbons (Fsp3) is 0.909. The van der Waals surface area contributed by atoms with E-state index in [1.165, 1.54) is 12.8 Å². The first kappa shape index (κ1) is 11.7. The number of Topliss-reactive ketones (excluding diaryl/α,β-unsaturated/α-hetero) is 1. The number of ether oxygens (including phenoxy) is 1. The van der Waals surface area contributed by atoms with Gasteiger partial charge in [0.15, 0.2) is 0 Å². The van der Waals surface area contributed by atoms with Gasteiger partial charge in [0.1, 0.15) is 5.78 Å². The Morgan fingerprint density at radius 1 is 1.57 bits per heavy atom. The van der Waals surface area contributed by atoms with Gasteiger partial charge < -0.3 is 10.1 Å². The van der Waals surface area contributed by atoms with Crippen LogP contribution in [0.15, 0.2) is 0 Å². The van der Waals surface area contributed by atoms with Crippen LogP contribution in [0.1, 0.15) is 39.0 Å². The van der Waals surface area contributed by atoms with Crippen LogP contribution in [-0.4, -0.2) is 31.6 Å². The van der Waals surface area contributed by atoms with E-state index in [9.17, 15) is 4.79 Å². The predicted molar refractivity (Wildman–Crippen MR) is 56.4 cm³/mol. The zero-order chi connectivity index (χ0) is 10.2. The van der Waals surface area contributed by atoms with Gasteiger partial charge in [0, 0.05) is 13.0 Å². The summed E-state index contributed by atoms with van der Waals surface area (Å²) < 4.78 is 5.49. The quantitative estimate of drug-likeness (QED) is 0.675. The normalized spacial score (nSPS) is 21.4. The zero-order valence-corrected chi connectivity index (χ0v) is 9.05. The third-order valence-corrected chi connectivity index (χ3v) is 2.58. The molecular formula is C11H21NO2. The summed E-state index contributed by atoms with van der Waals surface area (Å²) in [6, 6.07) is 0. The Balaban J connectivity index is 1.94. The van der Waals surface area contributed by atoms with Crippen molar-refractivity contribution in [3.63, 3.8) is 0 Å². The van der Waals surface area contributed by atoms with Crippen LogP contribution in [0, 0.1) is 0 Å². The minimum Gasteiger partial charge on any atom is -0.378 e. The molecule has 14 heavy (non-hydrogen) atoms. The van der Waals surface area contributed by atoms with Crippen LogP contribution >= 0.6 is 0 Å². The van der Waals surface area contributed by atoms with Crippen LogP contribution in [0.25, 0.3) is 0 Å². The van der Waals surface area contributed by atoms with E-state index < -0.39 is 0 Å². The molecule has 1 atom stereocenters. The van der Waals surface area contributed by atoms with Crippen molar-refractivity contribution in [2.45, 2.75) is 45.1 Å². The molecule has 0 amide bonds. The van der Waals surface area contributed by atoms with Gasteiger partial charge in [0.05, 0.1) is 12.6 Å². The van der Waals surface area contributed by atoms with Crippen LogP contribution in [0.4, 0.5) is 0 Å². The first-order valence-corrected chi connectivity index (χ1v) is 5.67. The summed E-state index contributed by atoms with van der Waals surface area (Å²) >= 11 is 0. The van der Waals surface area contributed by atoms with Gasteiger partial charge in [-0.25, -0.2) is 0 Å². The maximum Gasteiger partial charge on any atom is 0.146 e. The number of likely N-dealkylation sites (N-methyl/N-ethyl adjacent to an activating group) is 1. The second-order valence-corrected chi connectivity index (χ2v) is 3.85. The number of hydrogen-bond donors (Lipinski definition) is 1. The number of ketones is 1. The number of nitrogens with one attached hydrogen (secondary N) is 1. The van der Waals surface area contributed by atoms with E-state index in [2.05, 4.69) is 5.32 Å². The standard InChI is InChI=1S/C11H21NO2/c1-2-12-9-10(13)5-3-6-11-7-4-8-14-11/h11-12H,2-9H2,1H3. The lowest BCUT2D eigenvalue weighted by Gasteiger charge is -2.08. The summed E-state index contributed by atoms with van der Waals surface area (Å²) in [6.07, 6.45) is 5.54. The molecule has 0 aliphatic carbocycles. The molecule has 1 saturated heterocycles. The molecule has 0 aromatic heterocycles. The van der Waals surface area contributed by atoms with E-state index in [0.717, 1.165) is 26.0 Å². The molecule has 1 aliphatic heterocycles. The smallest absolute Gasteiger partial charge is 0.146 e. The summed E-state index contributed by atoms with van der Waals surface area (Å²) in [6.45, 7) is 4.33. The Hall–Kier alpha value is -0.410. The Labute approximate surface area is 86.2 Å². The molecule has 0 spiro atoms. The first-order chi connectivity index (χ1) is 6.83. The second kappa shape index (κ2) is 6.96. The topological polar surface area (TPSA) is 38.3 Å². The van der Waals surface area contributed by atoms with Crippen molar-refractivity contribution in [1.29, 1.82) is 0 Å². The summed E-state index contributed by atoms with van der Waals surface area (Å²) in [4.78, 5) is 11.3. The second-order valence-electron chi connectivity index (χ2n) is 3.85. The molecule has 0 aromatic carbocycles. The van der Waals surface area contributed by atoms with E-state index >= 15 is 0 Å². The molecule has 1 aliphatic rings. The predicted octanol–water partition coefficient (Wildman–Crippen LogP) is 1.51. The Bertz CT molecular complexity index is 165. The summed E-state index contributed by atoms with van der Waals surface area (Å²) in [5.41, 5.74) is 0. The van der Waals surface area contributed by atoms with Crippen molar-refractivity contribution >= 4 is 5.78 Å². The maximum absolute atomic E-state index is 11.3. The molecular weight excluding hydrogens is 178 g/mol. The number of hydrogen-bond acceptors (Lipinski definition) is 3. The highest BCUT2D eigenvalue weighted by Gasteiger charge is 2.15. The molecule has 0 saturated carbocycles. The summed E-state index contributed by atoms with van der Waals surface area (Å²) in [7, 11) is 0.